The number of amides is 2. The quantitative estimate of drug-likeness (QED) is 0.847. The van der Waals surface area contributed by atoms with Crippen LogP contribution in [0.3, 0.4) is 0 Å². The van der Waals surface area contributed by atoms with Crippen LogP contribution in [0.4, 0.5) is 0 Å². The van der Waals surface area contributed by atoms with Crippen molar-refractivity contribution in [2.24, 2.45) is 5.92 Å². The van der Waals surface area contributed by atoms with Crippen molar-refractivity contribution >= 4 is 11.8 Å². The van der Waals surface area contributed by atoms with Crippen LogP contribution in [-0.4, -0.2) is 34.8 Å². The fourth-order valence-electron chi connectivity index (χ4n) is 3.46. The number of rotatable bonds is 4. The highest BCUT2D eigenvalue weighted by molar-refractivity contribution is 6.00. The van der Waals surface area contributed by atoms with Crippen LogP contribution in [0, 0.1) is 5.92 Å². The Labute approximate surface area is 115 Å². The summed E-state index contributed by atoms with van der Waals surface area (Å²) < 4.78 is 0. The molecule has 1 aliphatic heterocycles. The summed E-state index contributed by atoms with van der Waals surface area (Å²) in [6.07, 6.45) is 5.58. The smallest absolute Gasteiger partial charge is 0.246 e. The lowest BCUT2D eigenvalue weighted by atomic mass is 9.85. The Hall–Kier alpha value is -1.06. The molecule has 0 aromatic rings. The van der Waals surface area contributed by atoms with Crippen LogP contribution in [0.15, 0.2) is 0 Å². The van der Waals surface area contributed by atoms with E-state index in [0.29, 0.717) is 6.54 Å². The number of nitrogens with one attached hydrogen (secondary N) is 1. The second-order valence-electron chi connectivity index (χ2n) is 6.07. The van der Waals surface area contributed by atoms with Crippen molar-refractivity contribution in [1.82, 2.24) is 10.2 Å². The van der Waals surface area contributed by atoms with Gasteiger partial charge in [0.15, 0.2) is 0 Å². The zero-order valence-electron chi connectivity index (χ0n) is 12.4. The molecule has 108 valence electrons. The van der Waals surface area contributed by atoms with Crippen LogP contribution in [0.1, 0.15) is 59.3 Å². The van der Waals surface area contributed by atoms with E-state index in [4.69, 9.17) is 0 Å². The van der Waals surface area contributed by atoms with E-state index in [9.17, 15) is 9.59 Å². The molecule has 4 nitrogen and oxygen atoms in total. The molecule has 19 heavy (non-hydrogen) atoms. The van der Waals surface area contributed by atoms with Crippen LogP contribution in [-0.2, 0) is 9.59 Å². The second-order valence-corrected chi connectivity index (χ2v) is 6.07. The molecule has 0 bridgehead atoms. The molecule has 1 spiro atoms. The maximum Gasteiger partial charge on any atom is 0.246 e. The normalized spacial score (nSPS) is 27.7. The van der Waals surface area contributed by atoms with Crippen molar-refractivity contribution in [3.05, 3.63) is 0 Å². The van der Waals surface area contributed by atoms with Crippen molar-refractivity contribution in [1.29, 1.82) is 0 Å². The first kappa shape index (κ1) is 14.4. The molecule has 2 amide bonds. The predicted molar refractivity (Wildman–Crippen MR) is 74.6 cm³/mol. The van der Waals surface area contributed by atoms with Crippen LogP contribution in [0.25, 0.3) is 0 Å². The van der Waals surface area contributed by atoms with Crippen LogP contribution in [0.5, 0.6) is 0 Å². The summed E-state index contributed by atoms with van der Waals surface area (Å²) in [5, 5.41) is 3.01. The van der Waals surface area contributed by atoms with Gasteiger partial charge < -0.3 is 10.2 Å². The summed E-state index contributed by atoms with van der Waals surface area (Å²) in [6.45, 7) is 6.88. The highest BCUT2D eigenvalue weighted by atomic mass is 16.2. The Morgan fingerprint density at radius 1 is 1.32 bits per heavy atom. The first-order valence-electron chi connectivity index (χ1n) is 7.69. The number of carbonyl (C=O) groups is 2. The largest absolute Gasteiger partial charge is 0.342 e. The summed E-state index contributed by atoms with van der Waals surface area (Å²) in [6, 6.07) is -0.324. The third-order valence-corrected chi connectivity index (χ3v) is 4.85. The van der Waals surface area contributed by atoms with Gasteiger partial charge in [0.25, 0.3) is 0 Å². The van der Waals surface area contributed by atoms with E-state index in [1.54, 1.807) is 0 Å². The van der Waals surface area contributed by atoms with Gasteiger partial charge in [0.05, 0.1) is 0 Å². The molecule has 1 heterocycles. The number of carbonyl (C=O) groups excluding carboxylic acids is 2. The highest BCUT2D eigenvalue weighted by Gasteiger charge is 2.53. The van der Waals surface area contributed by atoms with E-state index < -0.39 is 5.54 Å². The summed E-state index contributed by atoms with van der Waals surface area (Å²) in [7, 11) is 0. The van der Waals surface area contributed by atoms with Gasteiger partial charge in [0.2, 0.25) is 11.8 Å². The van der Waals surface area contributed by atoms with E-state index in [-0.39, 0.29) is 23.8 Å². The van der Waals surface area contributed by atoms with Gasteiger partial charge in [-0.05, 0) is 25.2 Å². The molecule has 2 unspecified atom stereocenters. The summed E-state index contributed by atoms with van der Waals surface area (Å²) in [5.41, 5.74) is -0.531. The maximum absolute atomic E-state index is 12.7. The standard InChI is InChI=1S/C15H26N2O2/c1-4-10-17-13(18)12(11(3)5-2)16-14(19)15(17)8-6-7-9-15/h11-12H,4-10H2,1-3H3,(H,16,19). The van der Waals surface area contributed by atoms with E-state index in [1.807, 2.05) is 11.8 Å². The Balaban J connectivity index is 2.29. The van der Waals surface area contributed by atoms with Gasteiger partial charge in [-0.3, -0.25) is 9.59 Å². The minimum absolute atomic E-state index is 0.0864. The zero-order valence-corrected chi connectivity index (χ0v) is 12.4. The molecular formula is C15H26N2O2. The van der Waals surface area contributed by atoms with Gasteiger partial charge in [-0.15, -0.1) is 0 Å². The molecule has 1 aliphatic carbocycles. The number of hydrogen-bond donors (Lipinski definition) is 1. The Morgan fingerprint density at radius 2 is 1.95 bits per heavy atom. The molecule has 1 N–H and O–H groups in total. The minimum atomic E-state index is -0.531. The molecule has 1 saturated heterocycles. The topological polar surface area (TPSA) is 49.4 Å². The zero-order chi connectivity index (χ0) is 14.0. The number of hydrogen-bond acceptors (Lipinski definition) is 2. The molecule has 0 aromatic carbocycles. The van der Waals surface area contributed by atoms with Gasteiger partial charge in [-0.2, -0.15) is 0 Å². The maximum atomic E-state index is 12.7. The molecule has 0 radical (unpaired) electrons. The minimum Gasteiger partial charge on any atom is -0.342 e. The van der Waals surface area contributed by atoms with Crippen molar-refractivity contribution in [3.63, 3.8) is 0 Å². The van der Waals surface area contributed by atoms with Gasteiger partial charge in [0, 0.05) is 6.54 Å². The average Bonchev–Trinajstić information content (AvgIpc) is 2.89. The molecule has 0 aromatic heterocycles. The van der Waals surface area contributed by atoms with Crippen LogP contribution >= 0.6 is 0 Å². The Kier molecular flexibility index (Phi) is 4.16. The van der Waals surface area contributed by atoms with E-state index in [2.05, 4.69) is 19.2 Å². The molecule has 2 atom stereocenters. The molecule has 2 fully saturated rings. The SMILES string of the molecule is CCCN1C(=O)C(C(C)CC)NC(=O)C12CCCC2. The lowest BCUT2D eigenvalue weighted by Gasteiger charge is -2.47. The van der Waals surface area contributed by atoms with E-state index in [0.717, 1.165) is 38.5 Å². The lowest BCUT2D eigenvalue weighted by Crippen LogP contribution is -2.70. The molecule has 4 heteroatoms. The lowest BCUT2D eigenvalue weighted by molar-refractivity contribution is -0.158. The van der Waals surface area contributed by atoms with Gasteiger partial charge >= 0.3 is 0 Å². The Morgan fingerprint density at radius 3 is 2.47 bits per heavy atom. The van der Waals surface area contributed by atoms with E-state index >= 15 is 0 Å². The molecule has 2 rings (SSSR count). The fourth-order valence-corrected chi connectivity index (χ4v) is 3.46. The summed E-state index contributed by atoms with van der Waals surface area (Å²) >= 11 is 0. The third-order valence-electron chi connectivity index (χ3n) is 4.85. The first-order chi connectivity index (χ1) is 9.06. The average molecular weight is 266 g/mol. The Bertz CT molecular complexity index is 361. The second kappa shape index (κ2) is 5.51. The number of piperazine rings is 1. The molecule has 2 aliphatic rings. The highest BCUT2D eigenvalue weighted by Crippen LogP contribution is 2.39. The van der Waals surface area contributed by atoms with Crippen LogP contribution < -0.4 is 5.32 Å². The van der Waals surface area contributed by atoms with Crippen molar-refractivity contribution in [3.8, 4) is 0 Å². The monoisotopic (exact) mass is 266 g/mol. The first-order valence-corrected chi connectivity index (χ1v) is 7.69. The van der Waals surface area contributed by atoms with Gasteiger partial charge in [0.1, 0.15) is 11.6 Å². The fraction of sp³-hybridized carbons (Fsp3) is 0.867. The van der Waals surface area contributed by atoms with Crippen LogP contribution in [0.2, 0.25) is 0 Å². The van der Waals surface area contributed by atoms with Crippen molar-refractivity contribution < 1.29 is 9.59 Å². The van der Waals surface area contributed by atoms with E-state index in [1.165, 1.54) is 0 Å². The third kappa shape index (κ3) is 2.26. The summed E-state index contributed by atoms with van der Waals surface area (Å²) in [4.78, 5) is 27.2. The van der Waals surface area contributed by atoms with Gasteiger partial charge in [-0.25, -0.2) is 0 Å². The molecule has 1 saturated carbocycles. The summed E-state index contributed by atoms with van der Waals surface area (Å²) in [5.74, 6) is 0.426. The molecular weight excluding hydrogens is 240 g/mol. The van der Waals surface area contributed by atoms with Crippen molar-refractivity contribution in [2.75, 3.05) is 6.54 Å². The number of nitrogens with zero attached hydrogens (tertiary/aromatic N) is 1. The van der Waals surface area contributed by atoms with Gasteiger partial charge in [-0.1, -0.05) is 40.0 Å². The van der Waals surface area contributed by atoms with Crippen molar-refractivity contribution in [2.45, 2.75) is 70.9 Å². The predicted octanol–water partition coefficient (Wildman–Crippen LogP) is 2.08.